The highest BCUT2D eigenvalue weighted by Gasteiger charge is 2.30. The maximum absolute atomic E-state index is 13.2. The third-order valence-corrected chi connectivity index (χ3v) is 8.44. The fourth-order valence-electron chi connectivity index (χ4n) is 5.61. The number of ether oxygens (including phenoxy) is 2. The first-order valence-electron chi connectivity index (χ1n) is 17.1. The second kappa shape index (κ2) is 18.8. The summed E-state index contributed by atoms with van der Waals surface area (Å²) in [5, 5.41) is 30.7. The van der Waals surface area contributed by atoms with E-state index >= 15 is 0 Å². The standard InChI is InChI=1S/C22H20F2N2O4.C20H14F2N2O4/c1-29-21(27)17-11-20(26-16-9-5-14(24)6-10-16)18(22(28)30-2)12-19(17)25-15-7-3-13(23)4-8-15;21-11-1-5-13(6-2-11)23-17-9-16(20(27)28)18(10-15(17)19(25)26)24-14-7-3-12(22)4-8-14/h3-10,25-26H,11-12H2,1-2H3;1-10,23-24H,(H,25,26)(H,27,28). The summed E-state index contributed by atoms with van der Waals surface area (Å²) in [6, 6.07) is 23.9. The number of aromatic carboxylic acids is 2. The number of methoxy groups -OCH3 is 2. The molecule has 0 unspecified atom stereocenters. The van der Waals surface area contributed by atoms with Gasteiger partial charge < -0.3 is 41.0 Å². The molecule has 5 aromatic carbocycles. The fourth-order valence-corrected chi connectivity index (χ4v) is 5.61. The van der Waals surface area contributed by atoms with Gasteiger partial charge in [-0.05, 0) is 109 Å². The number of carboxylic acid groups (broad SMARTS) is 2. The van der Waals surface area contributed by atoms with Gasteiger partial charge in [0.25, 0.3) is 0 Å². The second-order valence-electron chi connectivity index (χ2n) is 12.3. The molecule has 0 radical (unpaired) electrons. The smallest absolute Gasteiger partial charge is 0.337 e. The first kappa shape index (κ1) is 41.5. The van der Waals surface area contributed by atoms with Crippen LogP contribution in [-0.2, 0) is 19.1 Å². The molecule has 0 spiro atoms. The fraction of sp³-hybridized carbons (Fsp3) is 0.0952. The van der Waals surface area contributed by atoms with Crippen LogP contribution in [0.5, 0.6) is 0 Å². The second-order valence-corrected chi connectivity index (χ2v) is 12.3. The summed E-state index contributed by atoms with van der Waals surface area (Å²) < 4.78 is 62.3. The Kier molecular flexibility index (Phi) is 13.5. The van der Waals surface area contributed by atoms with Gasteiger partial charge in [-0.1, -0.05) is 0 Å². The van der Waals surface area contributed by atoms with Crippen molar-refractivity contribution in [2.24, 2.45) is 0 Å². The monoisotopic (exact) mass is 798 g/mol. The topological polar surface area (TPSA) is 175 Å². The Bertz CT molecular complexity index is 2220. The Morgan fingerprint density at radius 3 is 0.966 bits per heavy atom. The molecule has 6 rings (SSSR count). The summed E-state index contributed by atoms with van der Waals surface area (Å²) in [5.41, 5.74) is 3.04. The molecule has 0 heterocycles. The van der Waals surface area contributed by atoms with Crippen molar-refractivity contribution in [3.8, 4) is 0 Å². The predicted octanol–water partition coefficient (Wildman–Crippen LogP) is 8.99. The lowest BCUT2D eigenvalue weighted by molar-refractivity contribution is -0.137. The van der Waals surface area contributed by atoms with Gasteiger partial charge in [-0.2, -0.15) is 0 Å². The maximum Gasteiger partial charge on any atom is 0.337 e. The average molecular weight is 799 g/mol. The molecule has 0 saturated heterocycles. The number of carboxylic acids is 2. The van der Waals surface area contributed by atoms with Crippen LogP contribution in [0, 0.1) is 23.3 Å². The first-order valence-corrected chi connectivity index (χ1v) is 17.1. The zero-order valence-electron chi connectivity index (χ0n) is 30.7. The number of hydrogen-bond acceptors (Lipinski definition) is 10. The van der Waals surface area contributed by atoms with Gasteiger partial charge >= 0.3 is 23.9 Å². The molecular weight excluding hydrogens is 764 g/mol. The molecule has 5 aromatic rings. The van der Waals surface area contributed by atoms with E-state index in [-0.39, 0.29) is 35.3 Å². The van der Waals surface area contributed by atoms with Crippen LogP contribution in [0.1, 0.15) is 33.6 Å². The van der Waals surface area contributed by atoms with E-state index in [2.05, 4.69) is 21.3 Å². The lowest BCUT2D eigenvalue weighted by Crippen LogP contribution is -2.24. The van der Waals surface area contributed by atoms with Crippen LogP contribution >= 0.6 is 0 Å². The third-order valence-electron chi connectivity index (χ3n) is 8.44. The molecule has 6 N–H and O–H groups in total. The average Bonchev–Trinajstić information content (AvgIpc) is 3.21. The molecule has 0 atom stereocenters. The summed E-state index contributed by atoms with van der Waals surface area (Å²) in [4.78, 5) is 48.2. The lowest BCUT2D eigenvalue weighted by Gasteiger charge is -2.25. The number of halogens is 4. The van der Waals surface area contributed by atoms with Crippen LogP contribution in [0.3, 0.4) is 0 Å². The molecule has 0 aliphatic heterocycles. The van der Waals surface area contributed by atoms with Gasteiger partial charge in [-0.3, -0.25) is 0 Å². The van der Waals surface area contributed by atoms with Crippen molar-refractivity contribution in [3.63, 3.8) is 0 Å². The van der Waals surface area contributed by atoms with Crippen LogP contribution < -0.4 is 21.3 Å². The van der Waals surface area contributed by atoms with Crippen LogP contribution in [0.15, 0.2) is 132 Å². The highest BCUT2D eigenvalue weighted by molar-refractivity contribution is 6.03. The van der Waals surface area contributed by atoms with E-state index in [1.54, 1.807) is 0 Å². The summed E-state index contributed by atoms with van der Waals surface area (Å²) in [6.45, 7) is 0. The Hall–Kier alpha value is -7.62. The number of rotatable bonds is 12. The molecule has 298 valence electrons. The number of hydrogen-bond donors (Lipinski definition) is 6. The van der Waals surface area contributed by atoms with E-state index in [1.807, 2.05) is 0 Å². The normalized spacial score (nSPS) is 12.1. The van der Waals surface area contributed by atoms with Gasteiger partial charge in [-0.15, -0.1) is 0 Å². The molecule has 1 aliphatic carbocycles. The van der Waals surface area contributed by atoms with E-state index in [0.717, 1.165) is 0 Å². The van der Waals surface area contributed by atoms with Crippen molar-refractivity contribution in [2.75, 3.05) is 35.5 Å². The van der Waals surface area contributed by atoms with E-state index in [4.69, 9.17) is 9.47 Å². The molecule has 16 heteroatoms. The highest BCUT2D eigenvalue weighted by atomic mass is 19.1. The molecule has 58 heavy (non-hydrogen) atoms. The number of carbonyl (C=O) groups excluding carboxylic acids is 2. The van der Waals surface area contributed by atoms with Gasteiger partial charge in [0, 0.05) is 47.0 Å². The Morgan fingerprint density at radius 1 is 0.466 bits per heavy atom. The summed E-state index contributed by atoms with van der Waals surface area (Å²) in [6.07, 6.45) is 0.107. The van der Waals surface area contributed by atoms with E-state index in [0.29, 0.717) is 45.3 Å². The van der Waals surface area contributed by atoms with Crippen LogP contribution in [-0.4, -0.2) is 48.3 Å². The highest BCUT2D eigenvalue weighted by Crippen LogP contribution is 2.34. The van der Waals surface area contributed by atoms with Crippen molar-refractivity contribution in [3.05, 3.63) is 166 Å². The van der Waals surface area contributed by atoms with Crippen molar-refractivity contribution in [1.29, 1.82) is 0 Å². The van der Waals surface area contributed by atoms with Gasteiger partial charge in [0.2, 0.25) is 0 Å². The minimum Gasteiger partial charge on any atom is -0.478 e. The van der Waals surface area contributed by atoms with Crippen molar-refractivity contribution >= 4 is 58.0 Å². The summed E-state index contributed by atoms with van der Waals surface area (Å²) in [7, 11) is 2.52. The van der Waals surface area contributed by atoms with E-state index in [1.165, 1.54) is 123 Å². The Balaban J connectivity index is 0.000000221. The largest absolute Gasteiger partial charge is 0.478 e. The zero-order valence-corrected chi connectivity index (χ0v) is 30.7. The molecule has 12 nitrogen and oxygen atoms in total. The number of allylic oxidation sites excluding steroid dienone is 2. The van der Waals surface area contributed by atoms with Crippen LogP contribution in [0.25, 0.3) is 0 Å². The number of nitrogens with one attached hydrogen (secondary N) is 4. The predicted molar refractivity (Wildman–Crippen MR) is 207 cm³/mol. The molecule has 0 bridgehead atoms. The Labute approximate surface area is 328 Å². The van der Waals surface area contributed by atoms with Gasteiger partial charge in [-0.25, -0.2) is 36.7 Å². The number of carbonyl (C=O) groups is 4. The van der Waals surface area contributed by atoms with Crippen molar-refractivity contribution < 1.29 is 56.4 Å². The zero-order chi connectivity index (χ0) is 41.9. The summed E-state index contributed by atoms with van der Waals surface area (Å²) in [5.74, 6) is -5.43. The van der Waals surface area contributed by atoms with E-state index < -0.39 is 47.1 Å². The number of benzene rings is 5. The van der Waals surface area contributed by atoms with Gasteiger partial charge in [0.1, 0.15) is 23.3 Å². The minimum atomic E-state index is -1.29. The molecular formula is C42H34F4N4O8. The molecule has 1 aliphatic rings. The van der Waals surface area contributed by atoms with E-state index in [9.17, 15) is 47.0 Å². The number of anilines is 6. The SMILES string of the molecule is COC(=O)C1=C(Nc2ccc(F)cc2)CC(C(=O)OC)=C(Nc2ccc(F)cc2)C1.O=C(O)c1cc(Nc2ccc(F)cc2)c(C(=O)O)cc1Nc1ccc(F)cc1. The number of esters is 2. The van der Waals surface area contributed by atoms with Gasteiger partial charge in [0.15, 0.2) is 0 Å². The first-order chi connectivity index (χ1) is 27.7. The van der Waals surface area contributed by atoms with Gasteiger partial charge in [0.05, 0.1) is 47.9 Å². The quantitative estimate of drug-likeness (QED) is 0.0523. The molecule has 0 amide bonds. The van der Waals surface area contributed by atoms with Crippen molar-refractivity contribution in [1.82, 2.24) is 0 Å². The Morgan fingerprint density at radius 2 is 0.724 bits per heavy atom. The minimum absolute atomic E-state index is 0.0289. The van der Waals surface area contributed by atoms with Crippen LogP contribution in [0.2, 0.25) is 0 Å². The summed E-state index contributed by atoms with van der Waals surface area (Å²) >= 11 is 0. The molecule has 0 aromatic heterocycles. The van der Waals surface area contributed by atoms with Crippen molar-refractivity contribution in [2.45, 2.75) is 12.8 Å². The molecule has 0 fully saturated rings. The lowest BCUT2D eigenvalue weighted by atomic mass is 9.92. The molecule has 0 saturated carbocycles. The van der Waals surface area contributed by atoms with Crippen LogP contribution in [0.4, 0.5) is 51.7 Å². The maximum atomic E-state index is 13.2. The third kappa shape index (κ3) is 10.8.